The predicted octanol–water partition coefficient (Wildman–Crippen LogP) is 0.604. The van der Waals surface area contributed by atoms with E-state index < -0.39 is 10.0 Å². The minimum Gasteiger partial charge on any atom is -0.484 e. The second-order valence-corrected chi connectivity index (χ2v) is 5.16. The fraction of sp³-hybridized carbons (Fsp3) is 0.200. The summed E-state index contributed by atoms with van der Waals surface area (Å²) in [5, 5.41) is 8.67. The molecule has 1 heterocycles. The van der Waals surface area contributed by atoms with Gasteiger partial charge in [-0.05, 0) is 24.6 Å². The van der Waals surface area contributed by atoms with E-state index in [0.29, 0.717) is 5.82 Å². The van der Waals surface area contributed by atoms with Crippen LogP contribution in [0.4, 0.5) is 0 Å². The number of aryl methyl sites for hydroxylation is 1. The first kappa shape index (κ1) is 12.5. The highest BCUT2D eigenvalue weighted by Gasteiger charge is 2.16. The molecule has 1 aromatic carbocycles. The van der Waals surface area contributed by atoms with Crippen LogP contribution in [0.25, 0.3) is 0 Å². The van der Waals surface area contributed by atoms with E-state index in [1.807, 2.05) is 0 Å². The zero-order valence-electron chi connectivity index (χ0n) is 9.53. The van der Waals surface area contributed by atoms with E-state index >= 15 is 0 Å². The van der Waals surface area contributed by atoms with Gasteiger partial charge in [-0.15, -0.1) is 0 Å². The highest BCUT2D eigenvalue weighted by atomic mass is 32.2. The average molecular weight is 269 g/mol. The van der Waals surface area contributed by atoms with Crippen molar-refractivity contribution < 1.29 is 17.7 Å². The minimum absolute atomic E-state index is 0.00206. The van der Waals surface area contributed by atoms with Crippen LogP contribution in [-0.4, -0.2) is 18.6 Å². The van der Waals surface area contributed by atoms with Crippen LogP contribution in [0, 0.1) is 6.92 Å². The normalized spacial score (nSPS) is 11.4. The molecule has 2 N–H and O–H groups in total. The van der Waals surface area contributed by atoms with E-state index in [4.69, 9.17) is 9.88 Å². The van der Waals surface area contributed by atoms with E-state index in [-0.39, 0.29) is 17.3 Å². The van der Waals surface area contributed by atoms with Gasteiger partial charge in [0.15, 0.2) is 6.61 Å². The van der Waals surface area contributed by atoms with Crippen molar-refractivity contribution >= 4 is 10.0 Å². The first-order valence-electron chi connectivity index (χ1n) is 4.98. The highest BCUT2D eigenvalue weighted by molar-refractivity contribution is 7.89. The molecule has 0 unspecified atom stereocenters. The van der Waals surface area contributed by atoms with E-state index in [1.165, 1.54) is 12.1 Å². The quantitative estimate of drug-likeness (QED) is 0.870. The topological polar surface area (TPSA) is 108 Å². The molecule has 18 heavy (non-hydrogen) atoms. The maximum Gasteiger partial charge on any atom is 0.241 e. The molecular weight excluding hydrogens is 258 g/mol. The number of benzene rings is 1. The summed E-state index contributed by atoms with van der Waals surface area (Å²) in [6, 6.07) is 4.70. The van der Waals surface area contributed by atoms with Crippen LogP contribution >= 0.6 is 0 Å². The van der Waals surface area contributed by atoms with Gasteiger partial charge in [0.05, 0.1) is 0 Å². The van der Waals surface area contributed by atoms with Gasteiger partial charge in [0, 0.05) is 0 Å². The Hall–Kier alpha value is -1.93. The fourth-order valence-electron chi connectivity index (χ4n) is 1.36. The first-order chi connectivity index (χ1) is 8.47. The SMILES string of the molecule is Cc1ccc(OCc2ncon2)c(S(N)(=O)=O)c1. The second kappa shape index (κ2) is 4.75. The lowest BCUT2D eigenvalue weighted by Crippen LogP contribution is -2.14. The third-order valence-corrected chi connectivity index (χ3v) is 3.10. The van der Waals surface area contributed by atoms with Gasteiger partial charge in [-0.25, -0.2) is 13.6 Å². The van der Waals surface area contributed by atoms with Gasteiger partial charge in [0.1, 0.15) is 10.6 Å². The lowest BCUT2D eigenvalue weighted by molar-refractivity contribution is 0.279. The summed E-state index contributed by atoms with van der Waals surface area (Å²) in [6.45, 7) is 1.76. The van der Waals surface area contributed by atoms with Gasteiger partial charge in [-0.1, -0.05) is 11.2 Å². The summed E-state index contributed by atoms with van der Waals surface area (Å²) in [4.78, 5) is 3.69. The van der Waals surface area contributed by atoms with Gasteiger partial charge >= 0.3 is 0 Å². The Balaban J connectivity index is 2.27. The molecule has 0 aliphatic carbocycles. The molecule has 0 amide bonds. The van der Waals surface area contributed by atoms with Crippen molar-refractivity contribution in [3.63, 3.8) is 0 Å². The molecule has 2 rings (SSSR count). The summed E-state index contributed by atoms with van der Waals surface area (Å²) in [5.74, 6) is 0.476. The number of nitrogens with zero attached hydrogens (tertiary/aromatic N) is 2. The minimum atomic E-state index is -3.84. The van der Waals surface area contributed by atoms with E-state index in [2.05, 4.69) is 14.7 Å². The van der Waals surface area contributed by atoms with E-state index in [9.17, 15) is 8.42 Å². The number of aromatic nitrogens is 2. The van der Waals surface area contributed by atoms with Gasteiger partial charge in [-0.2, -0.15) is 4.98 Å². The lowest BCUT2D eigenvalue weighted by atomic mass is 10.2. The summed E-state index contributed by atoms with van der Waals surface area (Å²) >= 11 is 0. The number of rotatable bonds is 4. The summed E-state index contributed by atoms with van der Waals surface area (Å²) in [5.41, 5.74) is 0.769. The summed E-state index contributed by atoms with van der Waals surface area (Å²) < 4.78 is 32.7. The Morgan fingerprint density at radius 2 is 2.22 bits per heavy atom. The maximum atomic E-state index is 11.4. The van der Waals surface area contributed by atoms with Crippen molar-refractivity contribution in [2.75, 3.05) is 0 Å². The molecule has 0 bridgehead atoms. The molecule has 0 radical (unpaired) electrons. The molecule has 0 saturated heterocycles. The molecule has 0 aliphatic heterocycles. The first-order valence-corrected chi connectivity index (χ1v) is 6.53. The van der Waals surface area contributed by atoms with Gasteiger partial charge in [-0.3, -0.25) is 0 Å². The van der Waals surface area contributed by atoms with Crippen molar-refractivity contribution in [3.8, 4) is 5.75 Å². The Labute approximate surface area is 104 Å². The zero-order chi connectivity index (χ0) is 13.2. The van der Waals surface area contributed by atoms with Crippen molar-refractivity contribution in [1.29, 1.82) is 0 Å². The molecule has 7 nitrogen and oxygen atoms in total. The molecule has 0 saturated carbocycles. The number of hydrogen-bond donors (Lipinski definition) is 1. The number of nitrogens with two attached hydrogens (primary N) is 1. The number of primary sulfonamides is 1. The largest absolute Gasteiger partial charge is 0.484 e. The van der Waals surface area contributed by atoms with Crippen LogP contribution in [0.2, 0.25) is 0 Å². The Morgan fingerprint density at radius 3 is 2.83 bits per heavy atom. The van der Waals surface area contributed by atoms with Gasteiger partial charge < -0.3 is 9.26 Å². The van der Waals surface area contributed by atoms with Crippen LogP contribution in [0.15, 0.2) is 34.0 Å². The van der Waals surface area contributed by atoms with Crippen LogP contribution in [0.5, 0.6) is 5.75 Å². The van der Waals surface area contributed by atoms with Crippen LogP contribution in [0.1, 0.15) is 11.4 Å². The van der Waals surface area contributed by atoms with Crippen LogP contribution < -0.4 is 9.88 Å². The molecule has 0 atom stereocenters. The van der Waals surface area contributed by atoms with Crippen molar-refractivity contribution in [3.05, 3.63) is 36.0 Å². The fourth-order valence-corrected chi connectivity index (χ4v) is 2.11. The third-order valence-electron chi connectivity index (χ3n) is 2.17. The molecule has 96 valence electrons. The molecular formula is C10H11N3O4S. The standard InChI is InChI=1S/C10H11N3O4S/c1-7-2-3-8(9(4-7)18(11,14)15)16-5-10-12-6-17-13-10/h2-4,6H,5H2,1H3,(H2,11,14,15). The van der Waals surface area contributed by atoms with Gasteiger partial charge in [0.2, 0.25) is 22.2 Å². The monoisotopic (exact) mass is 269 g/mol. The number of sulfonamides is 1. The van der Waals surface area contributed by atoms with Crippen molar-refractivity contribution in [2.24, 2.45) is 5.14 Å². The number of ether oxygens (including phenoxy) is 1. The van der Waals surface area contributed by atoms with Crippen molar-refractivity contribution in [1.82, 2.24) is 10.1 Å². The average Bonchev–Trinajstić information content (AvgIpc) is 2.79. The zero-order valence-corrected chi connectivity index (χ0v) is 10.3. The summed E-state index contributed by atoms with van der Waals surface area (Å²) in [7, 11) is -3.84. The smallest absolute Gasteiger partial charge is 0.241 e. The van der Waals surface area contributed by atoms with Crippen LogP contribution in [-0.2, 0) is 16.6 Å². The van der Waals surface area contributed by atoms with Crippen LogP contribution in [0.3, 0.4) is 0 Å². The Morgan fingerprint density at radius 1 is 1.44 bits per heavy atom. The molecule has 2 aromatic rings. The van der Waals surface area contributed by atoms with Gasteiger partial charge in [0.25, 0.3) is 0 Å². The Kier molecular flexibility index (Phi) is 3.30. The van der Waals surface area contributed by atoms with E-state index in [1.54, 1.807) is 13.0 Å². The highest BCUT2D eigenvalue weighted by Crippen LogP contribution is 2.24. The molecule has 8 heteroatoms. The number of hydrogen-bond acceptors (Lipinski definition) is 6. The summed E-state index contributed by atoms with van der Waals surface area (Å²) in [6.07, 6.45) is 1.16. The van der Waals surface area contributed by atoms with Crippen molar-refractivity contribution in [2.45, 2.75) is 18.4 Å². The third kappa shape index (κ3) is 2.84. The maximum absolute atomic E-state index is 11.4. The molecule has 0 aliphatic rings. The second-order valence-electron chi connectivity index (χ2n) is 3.63. The molecule has 0 fully saturated rings. The lowest BCUT2D eigenvalue weighted by Gasteiger charge is -2.09. The molecule has 0 spiro atoms. The van der Waals surface area contributed by atoms with E-state index in [0.717, 1.165) is 12.0 Å². The Bertz CT molecular complexity index is 637. The molecule has 1 aromatic heterocycles. The predicted molar refractivity (Wildman–Crippen MR) is 61.2 cm³/mol.